The highest BCUT2D eigenvalue weighted by Gasteiger charge is 2.27. The molecule has 150 valence electrons. The number of aliphatic imine (C=N–C) groups is 1. The van der Waals surface area contributed by atoms with Gasteiger partial charge in [-0.15, -0.1) is 0 Å². The summed E-state index contributed by atoms with van der Waals surface area (Å²) in [5, 5.41) is 14.6. The first-order valence-electron chi connectivity index (χ1n) is 9.99. The van der Waals surface area contributed by atoms with E-state index >= 15 is 0 Å². The molecule has 1 fully saturated rings. The lowest BCUT2D eigenvalue weighted by atomic mass is 9.93. The summed E-state index contributed by atoms with van der Waals surface area (Å²) < 4.78 is 1.94. The van der Waals surface area contributed by atoms with Gasteiger partial charge < -0.3 is 19.7 Å². The van der Waals surface area contributed by atoms with Gasteiger partial charge >= 0.3 is 0 Å². The lowest BCUT2D eigenvalue weighted by Crippen LogP contribution is -2.41. The molecule has 1 saturated heterocycles. The van der Waals surface area contributed by atoms with E-state index in [1.54, 1.807) is 0 Å². The van der Waals surface area contributed by atoms with Gasteiger partial charge in [-0.3, -0.25) is 0 Å². The Hall–Kier alpha value is -2.41. The Labute approximate surface area is 174 Å². The predicted molar refractivity (Wildman–Crippen MR) is 116 cm³/mol. The number of pyridine rings is 1. The second-order valence-electron chi connectivity index (χ2n) is 8.08. The number of hydrogen-bond acceptors (Lipinski definition) is 5. The molecule has 0 aliphatic carbocycles. The van der Waals surface area contributed by atoms with Gasteiger partial charge in [0.25, 0.3) is 0 Å². The molecule has 6 nitrogen and oxygen atoms in total. The number of aliphatic hydroxyl groups excluding tert-OH is 1. The molecule has 7 heteroatoms. The SMILES string of the molecule is Cc1cn2cc(-c3ccc4c(c3)C(O)NC(C3CCN(C)CC3)=N4)cc(Cl)c2n1. The molecule has 0 amide bonds. The Balaban J connectivity index is 1.50. The summed E-state index contributed by atoms with van der Waals surface area (Å²) in [6.07, 6.45) is 5.33. The predicted octanol–water partition coefficient (Wildman–Crippen LogP) is 3.93. The van der Waals surface area contributed by atoms with Crippen LogP contribution in [0.4, 0.5) is 5.69 Å². The normalized spacial score (nSPS) is 20.4. The molecule has 2 aliphatic heterocycles. The molecular formula is C22H24ClN5O. The number of nitrogens with zero attached hydrogens (tertiary/aromatic N) is 4. The number of halogens is 1. The summed E-state index contributed by atoms with van der Waals surface area (Å²) in [6.45, 7) is 4.07. The molecule has 3 aromatic rings. The van der Waals surface area contributed by atoms with Crippen molar-refractivity contribution in [3.8, 4) is 11.1 Å². The molecule has 2 aromatic heterocycles. The first-order chi connectivity index (χ1) is 14.0. The number of aryl methyl sites for hydroxylation is 1. The van der Waals surface area contributed by atoms with Gasteiger partial charge in [0, 0.05) is 23.9 Å². The number of piperidine rings is 1. The average Bonchev–Trinajstić information content (AvgIpc) is 3.09. The summed E-state index contributed by atoms with van der Waals surface area (Å²) in [4.78, 5) is 11.6. The maximum absolute atomic E-state index is 10.8. The number of imidazole rings is 1. The fourth-order valence-electron chi connectivity index (χ4n) is 4.26. The molecule has 5 rings (SSSR count). The summed E-state index contributed by atoms with van der Waals surface area (Å²) in [5.41, 5.74) is 5.25. The molecule has 1 unspecified atom stereocenters. The zero-order chi connectivity index (χ0) is 20.1. The van der Waals surface area contributed by atoms with Crippen molar-refractivity contribution in [2.75, 3.05) is 20.1 Å². The maximum atomic E-state index is 10.8. The van der Waals surface area contributed by atoms with Crippen molar-refractivity contribution in [2.24, 2.45) is 10.9 Å². The van der Waals surface area contributed by atoms with Crippen LogP contribution in [0.2, 0.25) is 5.02 Å². The van der Waals surface area contributed by atoms with Gasteiger partial charge in [0.15, 0.2) is 11.9 Å². The average molecular weight is 410 g/mol. The van der Waals surface area contributed by atoms with Crippen LogP contribution in [0.5, 0.6) is 0 Å². The summed E-state index contributed by atoms with van der Waals surface area (Å²) in [7, 11) is 2.15. The number of amidine groups is 1. The smallest absolute Gasteiger partial charge is 0.155 e. The van der Waals surface area contributed by atoms with E-state index in [1.165, 1.54) is 0 Å². The van der Waals surface area contributed by atoms with E-state index in [0.717, 1.165) is 65.5 Å². The van der Waals surface area contributed by atoms with Crippen LogP contribution in [-0.2, 0) is 0 Å². The third-order valence-electron chi connectivity index (χ3n) is 5.91. The zero-order valence-corrected chi connectivity index (χ0v) is 17.3. The van der Waals surface area contributed by atoms with Crippen LogP contribution in [-0.4, -0.2) is 45.4 Å². The maximum Gasteiger partial charge on any atom is 0.155 e. The lowest BCUT2D eigenvalue weighted by molar-refractivity contribution is 0.156. The second kappa shape index (κ2) is 7.13. The largest absolute Gasteiger partial charge is 0.369 e. The Morgan fingerprint density at radius 1 is 1.14 bits per heavy atom. The third kappa shape index (κ3) is 3.41. The number of benzene rings is 1. The molecule has 4 heterocycles. The van der Waals surface area contributed by atoms with Crippen LogP contribution in [0.3, 0.4) is 0 Å². The van der Waals surface area contributed by atoms with Crippen LogP contribution in [0, 0.1) is 12.8 Å². The molecule has 1 atom stereocenters. The van der Waals surface area contributed by atoms with Gasteiger partial charge in [-0.1, -0.05) is 17.7 Å². The van der Waals surface area contributed by atoms with Crippen molar-refractivity contribution in [3.63, 3.8) is 0 Å². The van der Waals surface area contributed by atoms with E-state index in [2.05, 4.69) is 22.2 Å². The van der Waals surface area contributed by atoms with Gasteiger partial charge in [0.05, 0.1) is 16.4 Å². The quantitative estimate of drug-likeness (QED) is 0.673. The molecule has 0 bridgehead atoms. The van der Waals surface area contributed by atoms with Crippen LogP contribution >= 0.6 is 11.6 Å². The number of hydrogen-bond donors (Lipinski definition) is 2. The fourth-order valence-corrected chi connectivity index (χ4v) is 4.52. The summed E-state index contributed by atoms with van der Waals surface area (Å²) >= 11 is 6.44. The topological polar surface area (TPSA) is 65.2 Å². The zero-order valence-electron chi connectivity index (χ0n) is 16.6. The Morgan fingerprint density at radius 3 is 2.72 bits per heavy atom. The van der Waals surface area contributed by atoms with Crippen molar-refractivity contribution in [2.45, 2.75) is 26.0 Å². The highest BCUT2D eigenvalue weighted by molar-refractivity contribution is 6.33. The lowest BCUT2D eigenvalue weighted by Gasteiger charge is -2.33. The molecule has 1 aromatic carbocycles. The van der Waals surface area contributed by atoms with Gasteiger partial charge in [0.2, 0.25) is 0 Å². The van der Waals surface area contributed by atoms with Gasteiger partial charge in [-0.05, 0) is 69.2 Å². The highest BCUT2D eigenvalue weighted by atomic mass is 35.5. The Kier molecular flexibility index (Phi) is 4.57. The van der Waals surface area contributed by atoms with E-state index in [9.17, 15) is 5.11 Å². The van der Waals surface area contributed by atoms with Crippen LogP contribution < -0.4 is 5.32 Å². The number of aromatic nitrogens is 2. The highest BCUT2D eigenvalue weighted by Crippen LogP contribution is 2.35. The number of aliphatic hydroxyl groups is 1. The standard InChI is InChI=1S/C22H24ClN5O/c1-13-11-28-12-16(10-18(23)21(28)24-13)15-3-4-19-17(9-15)22(29)26-20(25-19)14-5-7-27(2)8-6-14/h3-4,9-12,14,22,29H,5-8H2,1-2H3,(H,25,26). The van der Waals surface area contributed by atoms with Crippen molar-refractivity contribution in [1.29, 1.82) is 0 Å². The minimum atomic E-state index is -0.758. The van der Waals surface area contributed by atoms with E-state index in [-0.39, 0.29) is 0 Å². The van der Waals surface area contributed by atoms with Crippen molar-refractivity contribution in [3.05, 3.63) is 52.9 Å². The minimum Gasteiger partial charge on any atom is -0.369 e. The first kappa shape index (κ1) is 18.6. The second-order valence-corrected chi connectivity index (χ2v) is 8.49. The minimum absolute atomic E-state index is 0.374. The van der Waals surface area contributed by atoms with Gasteiger partial charge in [-0.2, -0.15) is 0 Å². The number of nitrogens with one attached hydrogen (secondary N) is 1. The molecule has 0 saturated carbocycles. The van der Waals surface area contributed by atoms with E-state index < -0.39 is 6.23 Å². The van der Waals surface area contributed by atoms with Gasteiger partial charge in [0.1, 0.15) is 5.84 Å². The first-order valence-corrected chi connectivity index (χ1v) is 10.4. The van der Waals surface area contributed by atoms with E-state index in [4.69, 9.17) is 16.6 Å². The Morgan fingerprint density at radius 2 is 1.93 bits per heavy atom. The summed E-state index contributed by atoms with van der Waals surface area (Å²) in [5.74, 6) is 1.28. The summed E-state index contributed by atoms with van der Waals surface area (Å²) in [6, 6.07) is 7.93. The van der Waals surface area contributed by atoms with Crippen molar-refractivity contribution < 1.29 is 5.11 Å². The monoisotopic (exact) mass is 409 g/mol. The molecule has 2 aliphatic rings. The van der Waals surface area contributed by atoms with Crippen LogP contribution in [0.25, 0.3) is 16.8 Å². The Bertz CT molecular complexity index is 1110. The van der Waals surface area contributed by atoms with Gasteiger partial charge in [-0.25, -0.2) is 9.98 Å². The van der Waals surface area contributed by atoms with Crippen LogP contribution in [0.1, 0.15) is 30.3 Å². The molecule has 29 heavy (non-hydrogen) atoms. The number of rotatable bonds is 2. The van der Waals surface area contributed by atoms with Crippen molar-refractivity contribution >= 4 is 28.8 Å². The number of fused-ring (bicyclic) bond motifs is 2. The molecular weight excluding hydrogens is 386 g/mol. The molecule has 0 radical (unpaired) electrons. The van der Waals surface area contributed by atoms with E-state index in [0.29, 0.717) is 10.9 Å². The van der Waals surface area contributed by atoms with Crippen molar-refractivity contribution in [1.82, 2.24) is 19.6 Å². The third-order valence-corrected chi connectivity index (χ3v) is 6.19. The fraction of sp³-hybridized carbons (Fsp3) is 0.364. The number of likely N-dealkylation sites (tertiary alicyclic amines) is 1. The molecule has 2 N–H and O–H groups in total. The van der Waals surface area contributed by atoms with E-state index in [1.807, 2.05) is 48.0 Å². The molecule has 0 spiro atoms. The van der Waals surface area contributed by atoms with Crippen LogP contribution in [0.15, 0.2) is 41.7 Å².